The average molecular weight is 401 g/mol. The molecule has 1 aromatic heterocycles. The van der Waals surface area contributed by atoms with Gasteiger partial charge in [-0.05, 0) is 13.0 Å². The molecule has 11 nitrogen and oxygen atoms in total. The smallest absolute Gasteiger partial charge is 0.317 e. The number of methoxy groups -OCH3 is 1. The summed E-state index contributed by atoms with van der Waals surface area (Å²) in [5, 5.41) is 22.1. The lowest BCUT2D eigenvalue weighted by atomic mass is 9.96. The Morgan fingerprint density at radius 3 is 2.41 bits per heavy atom. The van der Waals surface area contributed by atoms with Gasteiger partial charge < -0.3 is 14.0 Å². The van der Waals surface area contributed by atoms with E-state index in [0.717, 1.165) is 24.3 Å². The van der Waals surface area contributed by atoms with Crippen LogP contribution in [0.25, 0.3) is 0 Å². The highest BCUT2D eigenvalue weighted by atomic mass is 16.6. The molecule has 150 valence electrons. The van der Waals surface area contributed by atoms with Crippen LogP contribution in [0.2, 0.25) is 0 Å². The molecule has 0 N–H and O–H groups in total. The van der Waals surface area contributed by atoms with Gasteiger partial charge >= 0.3 is 5.69 Å². The van der Waals surface area contributed by atoms with Gasteiger partial charge in [0.05, 0.1) is 28.6 Å². The number of hydrogen-bond acceptors (Lipinski definition) is 8. The van der Waals surface area contributed by atoms with E-state index in [4.69, 9.17) is 9.47 Å². The molecule has 0 unspecified atom stereocenters. The molecule has 0 radical (unpaired) electrons. The molecule has 3 rings (SSSR count). The minimum Gasteiger partial charge on any atom is -0.492 e. The van der Waals surface area contributed by atoms with Gasteiger partial charge in [-0.1, -0.05) is 0 Å². The Kier molecular flexibility index (Phi) is 4.89. The molecule has 11 heteroatoms. The number of non-ortho nitro benzene ring substituents is 1. The van der Waals surface area contributed by atoms with E-state index < -0.39 is 32.8 Å². The third-order valence-electron chi connectivity index (χ3n) is 4.70. The van der Waals surface area contributed by atoms with Gasteiger partial charge in [0, 0.05) is 30.4 Å². The highest BCUT2D eigenvalue weighted by Gasteiger charge is 2.34. The molecule has 0 bridgehead atoms. The van der Waals surface area contributed by atoms with Crippen molar-refractivity contribution in [3.8, 4) is 5.75 Å². The van der Waals surface area contributed by atoms with Crippen molar-refractivity contribution >= 4 is 22.9 Å². The van der Waals surface area contributed by atoms with Crippen LogP contribution >= 0.6 is 0 Å². The topological polar surface area (TPSA) is 144 Å². The number of carbonyl (C=O) groups is 2. The van der Waals surface area contributed by atoms with Crippen LogP contribution < -0.4 is 4.74 Å². The molecule has 1 heterocycles. The summed E-state index contributed by atoms with van der Waals surface area (Å²) in [6, 6.07) is 3.00. The Morgan fingerprint density at radius 1 is 1.14 bits per heavy atom. The fourth-order valence-corrected chi connectivity index (χ4v) is 3.13. The van der Waals surface area contributed by atoms with E-state index in [9.17, 15) is 29.8 Å². The summed E-state index contributed by atoms with van der Waals surface area (Å²) in [4.78, 5) is 45.6. The molecular formula is C18H15N3O8. The van der Waals surface area contributed by atoms with E-state index in [1.165, 1.54) is 11.7 Å². The van der Waals surface area contributed by atoms with Crippen molar-refractivity contribution in [3.05, 3.63) is 72.8 Å². The predicted molar refractivity (Wildman–Crippen MR) is 98.0 cm³/mol. The monoisotopic (exact) mass is 401 g/mol. The second kappa shape index (κ2) is 7.19. The maximum Gasteiger partial charge on any atom is 0.317 e. The van der Waals surface area contributed by atoms with Crippen LogP contribution in [0.4, 0.5) is 11.4 Å². The highest BCUT2D eigenvalue weighted by Crippen LogP contribution is 2.34. The third kappa shape index (κ3) is 3.22. The van der Waals surface area contributed by atoms with Crippen LogP contribution in [0, 0.1) is 27.2 Å². The van der Waals surface area contributed by atoms with Crippen molar-refractivity contribution in [2.24, 2.45) is 7.05 Å². The van der Waals surface area contributed by atoms with Crippen molar-refractivity contribution in [1.29, 1.82) is 0 Å². The minimum absolute atomic E-state index is 0.0819. The summed E-state index contributed by atoms with van der Waals surface area (Å²) < 4.78 is 12.0. The summed E-state index contributed by atoms with van der Waals surface area (Å²) in [6.45, 7) is 1.43. The first-order valence-electron chi connectivity index (χ1n) is 8.25. The number of rotatable bonds is 6. The first kappa shape index (κ1) is 19.7. The summed E-state index contributed by atoms with van der Waals surface area (Å²) in [7, 11) is 2.89. The fraction of sp³-hybridized carbons (Fsp3) is 0.222. The zero-order valence-electron chi connectivity index (χ0n) is 15.6. The second-order valence-corrected chi connectivity index (χ2v) is 6.21. The van der Waals surface area contributed by atoms with Crippen molar-refractivity contribution in [1.82, 2.24) is 4.57 Å². The van der Waals surface area contributed by atoms with Crippen LogP contribution in [0.1, 0.15) is 32.1 Å². The van der Waals surface area contributed by atoms with Crippen LogP contribution in [0.3, 0.4) is 0 Å². The number of Topliss-reactive ketones (excluding diaryl/α,β-unsaturated/α-hetero) is 1. The average Bonchev–Trinajstić information content (AvgIpc) is 2.94. The largest absolute Gasteiger partial charge is 0.492 e. The van der Waals surface area contributed by atoms with E-state index in [1.54, 1.807) is 14.0 Å². The van der Waals surface area contributed by atoms with E-state index in [1.807, 2.05) is 0 Å². The number of nitro benzene ring substituents is 2. The SMILES string of the molecule is COC1=CC(=O)c2c(COc3ccc([N+](=O)[O-])cc3[N+](=O)[O-])c(C)n(C)c2C1=O. The summed E-state index contributed by atoms with van der Waals surface area (Å²) >= 11 is 0. The second-order valence-electron chi connectivity index (χ2n) is 6.21. The Balaban J connectivity index is 2.00. The third-order valence-corrected chi connectivity index (χ3v) is 4.70. The number of nitrogens with zero attached hydrogens (tertiary/aromatic N) is 3. The van der Waals surface area contributed by atoms with Crippen LogP contribution in [-0.4, -0.2) is 33.1 Å². The van der Waals surface area contributed by atoms with Crippen molar-refractivity contribution in [2.45, 2.75) is 13.5 Å². The maximum absolute atomic E-state index is 12.5. The van der Waals surface area contributed by atoms with Gasteiger partial charge in [-0.2, -0.15) is 0 Å². The number of benzene rings is 1. The van der Waals surface area contributed by atoms with E-state index in [2.05, 4.69) is 0 Å². The zero-order valence-corrected chi connectivity index (χ0v) is 15.6. The molecule has 1 aliphatic rings. The van der Waals surface area contributed by atoms with Gasteiger partial charge in [-0.15, -0.1) is 0 Å². The zero-order chi connectivity index (χ0) is 21.5. The highest BCUT2D eigenvalue weighted by molar-refractivity contribution is 6.24. The number of ketones is 2. The Labute approximate surface area is 163 Å². The van der Waals surface area contributed by atoms with Crippen molar-refractivity contribution < 1.29 is 28.9 Å². The van der Waals surface area contributed by atoms with E-state index in [-0.39, 0.29) is 29.4 Å². The quantitative estimate of drug-likeness (QED) is 0.531. The molecule has 0 aliphatic heterocycles. The van der Waals surface area contributed by atoms with E-state index in [0.29, 0.717) is 11.3 Å². The number of ether oxygens (including phenoxy) is 2. The van der Waals surface area contributed by atoms with Gasteiger partial charge in [0.15, 0.2) is 17.3 Å². The lowest BCUT2D eigenvalue weighted by Gasteiger charge is -2.13. The van der Waals surface area contributed by atoms with Crippen LogP contribution in [0.5, 0.6) is 5.75 Å². The summed E-state index contributed by atoms with van der Waals surface area (Å²) in [6.07, 6.45) is 1.09. The van der Waals surface area contributed by atoms with Gasteiger partial charge in [0.2, 0.25) is 5.78 Å². The van der Waals surface area contributed by atoms with Gasteiger partial charge in [-0.25, -0.2) is 0 Å². The number of fused-ring (bicyclic) bond motifs is 1. The molecule has 0 fully saturated rings. The van der Waals surface area contributed by atoms with Gasteiger partial charge in [-0.3, -0.25) is 29.8 Å². The molecule has 0 saturated carbocycles. The minimum atomic E-state index is -0.794. The van der Waals surface area contributed by atoms with E-state index >= 15 is 0 Å². The summed E-state index contributed by atoms with van der Waals surface area (Å²) in [5.41, 5.74) is 0.205. The summed E-state index contributed by atoms with van der Waals surface area (Å²) in [5.74, 6) is -1.18. The number of aromatic nitrogens is 1. The Morgan fingerprint density at radius 2 is 1.83 bits per heavy atom. The number of carbonyl (C=O) groups excluding carboxylic acids is 2. The molecule has 0 atom stereocenters. The van der Waals surface area contributed by atoms with Crippen molar-refractivity contribution in [2.75, 3.05) is 7.11 Å². The fourth-order valence-electron chi connectivity index (χ4n) is 3.13. The maximum atomic E-state index is 12.5. The van der Waals surface area contributed by atoms with Crippen molar-refractivity contribution in [3.63, 3.8) is 0 Å². The lowest BCUT2D eigenvalue weighted by Crippen LogP contribution is -2.20. The van der Waals surface area contributed by atoms with Gasteiger partial charge in [0.25, 0.3) is 5.69 Å². The van der Waals surface area contributed by atoms with Crippen LogP contribution in [-0.2, 0) is 18.4 Å². The number of nitro groups is 2. The molecule has 1 aliphatic carbocycles. The molecule has 0 spiro atoms. The molecule has 2 aromatic rings. The lowest BCUT2D eigenvalue weighted by molar-refractivity contribution is -0.394. The predicted octanol–water partition coefficient (Wildman–Crippen LogP) is 2.64. The molecule has 29 heavy (non-hydrogen) atoms. The molecule has 0 amide bonds. The molecule has 1 aromatic carbocycles. The molecular weight excluding hydrogens is 386 g/mol. The number of hydrogen-bond donors (Lipinski definition) is 0. The standard InChI is InChI=1S/C18H15N3O8/c1-9-11(16-13(22)7-15(28-3)18(23)17(16)19(9)2)8-29-14-5-4-10(20(24)25)6-12(14)21(26)27/h4-7H,8H2,1-3H3. The molecule has 0 saturated heterocycles. The first-order chi connectivity index (χ1) is 13.7. The Bertz CT molecular complexity index is 1110. The first-order valence-corrected chi connectivity index (χ1v) is 8.25. The number of allylic oxidation sites excluding steroid dienone is 2. The van der Waals surface area contributed by atoms with Gasteiger partial charge in [0.1, 0.15) is 12.3 Å². The Hall–Kier alpha value is -4.02. The van der Waals surface area contributed by atoms with Crippen LogP contribution in [0.15, 0.2) is 30.0 Å². The normalized spacial score (nSPS) is 13.0.